The van der Waals surface area contributed by atoms with Gasteiger partial charge < -0.3 is 14.8 Å². The topological polar surface area (TPSA) is 145 Å². The number of amides is 2. The number of pyridine rings is 1. The molecule has 168 valence electrons. The predicted molar refractivity (Wildman–Crippen MR) is 117 cm³/mol. The standard InChI is InChI=1S/C22H19N5O6/c1-13(16-4-2-3-9-23-16)24-17-7-5-14(10-18(17)27(30)31)21(28)25-26-22(29)15-6-8-19-20(11-15)33-12-32-19/h2-11,13,24H,12H2,1H3,(H,25,28)(H,26,29). The average Bonchev–Trinajstić information content (AvgIpc) is 3.31. The Balaban J connectivity index is 1.43. The van der Waals surface area contributed by atoms with Crippen molar-refractivity contribution in [2.24, 2.45) is 0 Å². The summed E-state index contributed by atoms with van der Waals surface area (Å²) in [4.78, 5) is 40.0. The van der Waals surface area contributed by atoms with E-state index in [0.29, 0.717) is 17.2 Å². The second kappa shape index (κ2) is 9.22. The number of anilines is 1. The number of hydrogen-bond donors (Lipinski definition) is 3. The first-order valence-electron chi connectivity index (χ1n) is 9.88. The summed E-state index contributed by atoms with van der Waals surface area (Å²) in [5.74, 6) is -0.350. The number of fused-ring (bicyclic) bond motifs is 1. The fourth-order valence-electron chi connectivity index (χ4n) is 3.18. The van der Waals surface area contributed by atoms with Crippen LogP contribution in [0, 0.1) is 10.1 Å². The molecule has 0 bridgehead atoms. The molecule has 1 atom stereocenters. The van der Waals surface area contributed by atoms with Gasteiger partial charge in [-0.05, 0) is 49.4 Å². The summed E-state index contributed by atoms with van der Waals surface area (Å²) < 4.78 is 10.4. The van der Waals surface area contributed by atoms with Crippen molar-refractivity contribution < 1.29 is 24.0 Å². The van der Waals surface area contributed by atoms with Crippen LogP contribution in [-0.2, 0) is 0 Å². The summed E-state index contributed by atoms with van der Waals surface area (Å²) in [6.45, 7) is 1.89. The van der Waals surface area contributed by atoms with Gasteiger partial charge >= 0.3 is 0 Å². The molecule has 11 nitrogen and oxygen atoms in total. The SMILES string of the molecule is CC(Nc1ccc(C(=O)NNC(=O)c2ccc3c(c2)OCO3)cc1[N+](=O)[O-])c1ccccn1. The lowest BCUT2D eigenvalue weighted by Crippen LogP contribution is -2.41. The first-order valence-corrected chi connectivity index (χ1v) is 9.88. The minimum atomic E-state index is -0.712. The van der Waals surface area contributed by atoms with Crippen molar-refractivity contribution in [2.75, 3.05) is 12.1 Å². The quantitative estimate of drug-likeness (QED) is 0.385. The van der Waals surface area contributed by atoms with Gasteiger partial charge in [-0.2, -0.15) is 0 Å². The molecule has 1 unspecified atom stereocenters. The van der Waals surface area contributed by atoms with Crippen LogP contribution < -0.4 is 25.6 Å². The lowest BCUT2D eigenvalue weighted by atomic mass is 10.1. The van der Waals surface area contributed by atoms with Gasteiger partial charge in [0.25, 0.3) is 17.5 Å². The van der Waals surface area contributed by atoms with E-state index in [4.69, 9.17) is 9.47 Å². The van der Waals surface area contributed by atoms with Gasteiger partial charge in [0, 0.05) is 23.4 Å². The van der Waals surface area contributed by atoms with Crippen LogP contribution in [0.25, 0.3) is 0 Å². The van der Waals surface area contributed by atoms with Crippen LogP contribution in [0.1, 0.15) is 39.4 Å². The molecule has 1 aliphatic heterocycles. The van der Waals surface area contributed by atoms with Crippen LogP contribution >= 0.6 is 0 Å². The number of rotatable bonds is 6. The molecule has 2 aromatic carbocycles. The number of nitrogens with zero attached hydrogens (tertiary/aromatic N) is 2. The second-order valence-electron chi connectivity index (χ2n) is 7.09. The van der Waals surface area contributed by atoms with Crippen LogP contribution in [-0.4, -0.2) is 28.5 Å². The number of nitrogens with one attached hydrogen (secondary N) is 3. The summed E-state index contributed by atoms with van der Waals surface area (Å²) >= 11 is 0. The molecule has 1 aromatic heterocycles. The Hall–Kier alpha value is -4.67. The van der Waals surface area contributed by atoms with E-state index in [2.05, 4.69) is 21.2 Å². The predicted octanol–water partition coefficient (Wildman–Crippen LogP) is 2.97. The molecule has 0 saturated carbocycles. The van der Waals surface area contributed by atoms with Gasteiger partial charge in [0.05, 0.1) is 16.7 Å². The van der Waals surface area contributed by atoms with Crippen LogP contribution in [0.2, 0.25) is 0 Å². The maximum absolute atomic E-state index is 12.5. The maximum atomic E-state index is 12.5. The molecule has 4 rings (SSSR count). The minimum Gasteiger partial charge on any atom is -0.454 e. The van der Waals surface area contributed by atoms with E-state index in [9.17, 15) is 19.7 Å². The van der Waals surface area contributed by atoms with E-state index in [1.54, 1.807) is 24.4 Å². The van der Waals surface area contributed by atoms with Crippen LogP contribution in [0.4, 0.5) is 11.4 Å². The molecule has 0 spiro atoms. The smallest absolute Gasteiger partial charge is 0.293 e. The van der Waals surface area contributed by atoms with Gasteiger partial charge in [-0.1, -0.05) is 6.07 Å². The molecule has 0 aliphatic carbocycles. The maximum Gasteiger partial charge on any atom is 0.293 e. The van der Waals surface area contributed by atoms with Crippen molar-refractivity contribution >= 4 is 23.2 Å². The van der Waals surface area contributed by atoms with Crippen LogP contribution in [0.5, 0.6) is 11.5 Å². The van der Waals surface area contributed by atoms with E-state index < -0.39 is 16.7 Å². The molecule has 1 aliphatic rings. The molecule has 2 heterocycles. The first kappa shape index (κ1) is 21.6. The third kappa shape index (κ3) is 4.82. The Morgan fingerprint density at radius 1 is 1.00 bits per heavy atom. The fourth-order valence-corrected chi connectivity index (χ4v) is 3.18. The van der Waals surface area contributed by atoms with E-state index in [1.165, 1.54) is 24.3 Å². The Morgan fingerprint density at radius 2 is 1.70 bits per heavy atom. The Morgan fingerprint density at radius 3 is 2.39 bits per heavy atom. The van der Waals surface area contributed by atoms with E-state index in [0.717, 1.165) is 6.07 Å². The minimum absolute atomic E-state index is 0.00345. The van der Waals surface area contributed by atoms with Crippen molar-refractivity contribution in [1.29, 1.82) is 0 Å². The van der Waals surface area contributed by atoms with Gasteiger partial charge in [-0.15, -0.1) is 0 Å². The van der Waals surface area contributed by atoms with E-state index >= 15 is 0 Å². The zero-order chi connectivity index (χ0) is 23.4. The summed E-state index contributed by atoms with van der Waals surface area (Å²) in [5.41, 5.74) is 5.44. The number of carbonyl (C=O) groups is 2. The van der Waals surface area contributed by atoms with Gasteiger partial charge in [-0.3, -0.25) is 35.5 Å². The largest absolute Gasteiger partial charge is 0.454 e. The zero-order valence-corrected chi connectivity index (χ0v) is 17.4. The summed E-state index contributed by atoms with van der Waals surface area (Å²) in [6, 6.07) is 13.7. The van der Waals surface area contributed by atoms with Crippen molar-refractivity contribution in [3.63, 3.8) is 0 Å². The molecule has 2 amide bonds. The molecule has 3 aromatic rings. The normalized spacial score (nSPS) is 12.5. The number of nitro groups is 1. The number of hydrazine groups is 1. The number of ether oxygens (including phenoxy) is 2. The van der Waals surface area contributed by atoms with Crippen molar-refractivity contribution in [3.8, 4) is 11.5 Å². The Kier molecular flexibility index (Phi) is 6.02. The highest BCUT2D eigenvalue weighted by molar-refractivity contribution is 6.00. The number of aromatic nitrogens is 1. The van der Waals surface area contributed by atoms with Gasteiger partial charge in [0.1, 0.15) is 5.69 Å². The third-order valence-corrected chi connectivity index (χ3v) is 4.88. The molecule has 11 heteroatoms. The lowest BCUT2D eigenvalue weighted by Gasteiger charge is -2.15. The number of nitro benzene ring substituents is 1. The second-order valence-corrected chi connectivity index (χ2v) is 7.09. The Bertz CT molecular complexity index is 1220. The molecular weight excluding hydrogens is 430 g/mol. The highest BCUT2D eigenvalue weighted by Crippen LogP contribution is 2.32. The zero-order valence-electron chi connectivity index (χ0n) is 17.4. The van der Waals surface area contributed by atoms with Crippen molar-refractivity contribution in [2.45, 2.75) is 13.0 Å². The summed E-state index contributed by atoms with van der Waals surface area (Å²) in [6.07, 6.45) is 1.63. The van der Waals surface area contributed by atoms with Gasteiger partial charge in [-0.25, -0.2) is 0 Å². The number of hydrogen-bond acceptors (Lipinski definition) is 8. The molecular formula is C22H19N5O6. The summed E-state index contributed by atoms with van der Waals surface area (Å²) in [5, 5.41) is 14.6. The fraction of sp³-hybridized carbons (Fsp3) is 0.136. The third-order valence-electron chi connectivity index (χ3n) is 4.88. The average molecular weight is 449 g/mol. The number of carbonyl (C=O) groups excluding carboxylic acids is 2. The Labute approximate surface area is 187 Å². The molecule has 0 saturated heterocycles. The molecule has 0 radical (unpaired) electrons. The highest BCUT2D eigenvalue weighted by Gasteiger charge is 2.21. The van der Waals surface area contributed by atoms with Crippen LogP contribution in [0.3, 0.4) is 0 Å². The van der Waals surface area contributed by atoms with Crippen LogP contribution in [0.15, 0.2) is 60.8 Å². The first-order chi connectivity index (χ1) is 15.9. The summed E-state index contributed by atoms with van der Waals surface area (Å²) in [7, 11) is 0. The number of benzene rings is 2. The lowest BCUT2D eigenvalue weighted by molar-refractivity contribution is -0.384. The van der Waals surface area contributed by atoms with Crippen molar-refractivity contribution in [1.82, 2.24) is 15.8 Å². The van der Waals surface area contributed by atoms with E-state index in [1.807, 2.05) is 13.0 Å². The molecule has 33 heavy (non-hydrogen) atoms. The molecule has 3 N–H and O–H groups in total. The van der Waals surface area contributed by atoms with Crippen molar-refractivity contribution in [3.05, 3.63) is 87.7 Å². The van der Waals surface area contributed by atoms with Gasteiger partial charge in [0.15, 0.2) is 11.5 Å². The highest BCUT2D eigenvalue weighted by atomic mass is 16.7. The van der Waals surface area contributed by atoms with Gasteiger partial charge in [0.2, 0.25) is 6.79 Å². The molecule has 0 fully saturated rings. The van der Waals surface area contributed by atoms with E-state index in [-0.39, 0.29) is 35.3 Å². The monoisotopic (exact) mass is 449 g/mol.